The van der Waals surface area contributed by atoms with E-state index in [-0.39, 0.29) is 18.5 Å². The predicted molar refractivity (Wildman–Crippen MR) is 113 cm³/mol. The second-order valence-corrected chi connectivity index (χ2v) is 7.50. The Labute approximate surface area is 179 Å². The number of carbonyl (C=O) groups is 1. The van der Waals surface area contributed by atoms with Crippen LogP contribution in [0.3, 0.4) is 0 Å². The Morgan fingerprint density at radius 3 is 2.65 bits per heavy atom. The molecule has 0 radical (unpaired) electrons. The smallest absolute Gasteiger partial charge is 0.338 e. The summed E-state index contributed by atoms with van der Waals surface area (Å²) in [6.45, 7) is 5.55. The van der Waals surface area contributed by atoms with Gasteiger partial charge in [0.25, 0.3) is 0 Å². The number of hydrogen-bond donors (Lipinski definition) is 1. The second-order valence-electron chi connectivity index (χ2n) is 7.50. The van der Waals surface area contributed by atoms with Crippen molar-refractivity contribution in [1.82, 2.24) is 14.8 Å². The first-order valence-electron chi connectivity index (χ1n) is 9.98. The molecule has 1 aromatic heterocycles. The van der Waals surface area contributed by atoms with Crippen LogP contribution in [0.15, 0.2) is 66.1 Å². The number of rotatable bonds is 6. The Bertz CT molecular complexity index is 1120. The highest BCUT2D eigenvalue weighted by molar-refractivity contribution is 5.92. The van der Waals surface area contributed by atoms with Crippen molar-refractivity contribution in [2.45, 2.75) is 39.5 Å². The van der Waals surface area contributed by atoms with E-state index >= 15 is 0 Å². The number of esters is 1. The molecule has 3 aromatic rings. The van der Waals surface area contributed by atoms with E-state index in [0.717, 1.165) is 5.56 Å². The zero-order valence-corrected chi connectivity index (χ0v) is 17.5. The SMILES string of the molecule is CC1=C(C(=O)OC(C)C)C(c2ccc(OCc3ccccc3F)cc2)n2ncnc2N1. The molecule has 0 amide bonds. The lowest BCUT2D eigenvalue weighted by molar-refractivity contribution is -0.143. The van der Waals surface area contributed by atoms with Crippen molar-refractivity contribution >= 4 is 11.9 Å². The summed E-state index contributed by atoms with van der Waals surface area (Å²) in [4.78, 5) is 17.1. The molecule has 1 unspecified atom stereocenters. The third-order valence-electron chi connectivity index (χ3n) is 4.91. The van der Waals surface area contributed by atoms with E-state index in [0.29, 0.717) is 28.5 Å². The Balaban J connectivity index is 1.60. The summed E-state index contributed by atoms with van der Waals surface area (Å²) in [5, 5.41) is 7.40. The molecule has 1 aliphatic rings. The zero-order valence-electron chi connectivity index (χ0n) is 17.5. The molecular formula is C23H23FN4O3. The summed E-state index contributed by atoms with van der Waals surface area (Å²) in [6, 6.07) is 13.3. The fraction of sp³-hybridized carbons (Fsp3) is 0.261. The summed E-state index contributed by atoms with van der Waals surface area (Å²) < 4.78 is 26.7. The number of fused-ring (bicyclic) bond motifs is 1. The van der Waals surface area contributed by atoms with Crippen LogP contribution >= 0.6 is 0 Å². The summed E-state index contributed by atoms with van der Waals surface area (Å²) in [6.07, 6.45) is 1.19. The Hall–Kier alpha value is -3.68. The number of anilines is 1. The molecule has 1 aliphatic heterocycles. The molecule has 0 spiro atoms. The molecule has 0 saturated carbocycles. The van der Waals surface area contributed by atoms with Crippen molar-refractivity contribution in [1.29, 1.82) is 0 Å². The first-order valence-corrected chi connectivity index (χ1v) is 9.98. The van der Waals surface area contributed by atoms with Crippen molar-refractivity contribution in [2.75, 3.05) is 5.32 Å². The molecule has 2 heterocycles. The molecule has 0 aliphatic carbocycles. The molecule has 0 bridgehead atoms. The molecular weight excluding hydrogens is 399 g/mol. The highest BCUT2D eigenvalue weighted by Crippen LogP contribution is 2.36. The average molecular weight is 422 g/mol. The van der Waals surface area contributed by atoms with Crippen LogP contribution in [0.4, 0.5) is 10.3 Å². The van der Waals surface area contributed by atoms with Crippen molar-refractivity contribution in [3.8, 4) is 5.75 Å². The summed E-state index contributed by atoms with van der Waals surface area (Å²) in [7, 11) is 0. The maximum atomic E-state index is 13.8. The van der Waals surface area contributed by atoms with Crippen LogP contribution in [-0.4, -0.2) is 26.8 Å². The fourth-order valence-corrected chi connectivity index (χ4v) is 3.46. The maximum absolute atomic E-state index is 13.8. The monoisotopic (exact) mass is 422 g/mol. The number of halogens is 1. The van der Waals surface area contributed by atoms with E-state index in [9.17, 15) is 9.18 Å². The van der Waals surface area contributed by atoms with E-state index in [2.05, 4.69) is 15.4 Å². The number of nitrogens with one attached hydrogen (secondary N) is 1. The van der Waals surface area contributed by atoms with Crippen LogP contribution in [0, 0.1) is 5.82 Å². The van der Waals surface area contributed by atoms with Gasteiger partial charge in [-0.05, 0) is 44.5 Å². The van der Waals surface area contributed by atoms with E-state index in [1.807, 2.05) is 32.9 Å². The zero-order chi connectivity index (χ0) is 22.0. The molecule has 4 rings (SSSR count). The van der Waals surface area contributed by atoms with E-state index in [4.69, 9.17) is 9.47 Å². The summed E-state index contributed by atoms with van der Waals surface area (Å²) in [5.74, 6) is 0.419. The van der Waals surface area contributed by atoms with Gasteiger partial charge in [-0.15, -0.1) is 0 Å². The maximum Gasteiger partial charge on any atom is 0.338 e. The number of hydrogen-bond acceptors (Lipinski definition) is 6. The first-order chi connectivity index (χ1) is 14.9. The third kappa shape index (κ3) is 4.28. The van der Waals surface area contributed by atoms with Gasteiger partial charge in [0.2, 0.25) is 5.95 Å². The van der Waals surface area contributed by atoms with Crippen LogP contribution in [0.25, 0.3) is 0 Å². The number of aromatic nitrogens is 3. The normalized spacial score (nSPS) is 15.5. The molecule has 8 heteroatoms. The van der Waals surface area contributed by atoms with Gasteiger partial charge in [0.05, 0.1) is 11.7 Å². The quantitative estimate of drug-likeness (QED) is 0.599. The second kappa shape index (κ2) is 8.59. The molecule has 0 saturated heterocycles. The highest BCUT2D eigenvalue weighted by atomic mass is 19.1. The van der Waals surface area contributed by atoms with Gasteiger partial charge in [-0.3, -0.25) is 0 Å². The van der Waals surface area contributed by atoms with Crippen molar-refractivity contribution in [2.24, 2.45) is 0 Å². The number of carbonyl (C=O) groups excluding carboxylic acids is 1. The Morgan fingerprint density at radius 2 is 1.94 bits per heavy atom. The van der Waals surface area contributed by atoms with Gasteiger partial charge in [-0.2, -0.15) is 10.1 Å². The lowest BCUT2D eigenvalue weighted by atomic mass is 9.95. The summed E-state index contributed by atoms with van der Waals surface area (Å²) >= 11 is 0. The van der Waals surface area contributed by atoms with Crippen LogP contribution in [0.5, 0.6) is 5.75 Å². The lowest BCUT2D eigenvalue weighted by Crippen LogP contribution is -2.30. The van der Waals surface area contributed by atoms with Gasteiger partial charge < -0.3 is 14.8 Å². The number of benzene rings is 2. The number of nitrogens with zero attached hydrogens (tertiary/aromatic N) is 3. The molecule has 2 aromatic carbocycles. The van der Waals surface area contributed by atoms with Crippen molar-refractivity contribution in [3.05, 3.63) is 83.1 Å². The Kier molecular flexibility index (Phi) is 5.70. The Morgan fingerprint density at radius 1 is 1.19 bits per heavy atom. The van der Waals surface area contributed by atoms with Crippen LogP contribution in [0.2, 0.25) is 0 Å². The van der Waals surface area contributed by atoms with Gasteiger partial charge in [-0.1, -0.05) is 30.3 Å². The minimum Gasteiger partial charge on any atom is -0.489 e. The minimum absolute atomic E-state index is 0.123. The van der Waals surface area contributed by atoms with Gasteiger partial charge in [0, 0.05) is 11.3 Å². The molecule has 31 heavy (non-hydrogen) atoms. The lowest BCUT2D eigenvalue weighted by Gasteiger charge is -2.28. The largest absolute Gasteiger partial charge is 0.489 e. The average Bonchev–Trinajstić information content (AvgIpc) is 3.20. The first kappa shape index (κ1) is 20.6. The molecule has 1 N–H and O–H groups in total. The van der Waals surface area contributed by atoms with Gasteiger partial charge in [0.1, 0.15) is 30.5 Å². The van der Waals surface area contributed by atoms with Crippen molar-refractivity contribution in [3.63, 3.8) is 0 Å². The molecule has 160 valence electrons. The van der Waals surface area contributed by atoms with Crippen molar-refractivity contribution < 1.29 is 18.7 Å². The van der Waals surface area contributed by atoms with E-state index in [1.54, 1.807) is 35.0 Å². The van der Waals surface area contributed by atoms with E-state index in [1.165, 1.54) is 12.4 Å². The van der Waals surface area contributed by atoms with Crippen LogP contribution in [-0.2, 0) is 16.1 Å². The number of allylic oxidation sites excluding steroid dienone is 1. The predicted octanol–water partition coefficient (Wildman–Crippen LogP) is 4.24. The van der Waals surface area contributed by atoms with E-state index < -0.39 is 12.0 Å². The highest BCUT2D eigenvalue weighted by Gasteiger charge is 2.34. The minimum atomic E-state index is -0.495. The van der Waals surface area contributed by atoms with Gasteiger partial charge in [-0.25, -0.2) is 13.9 Å². The molecule has 7 nitrogen and oxygen atoms in total. The van der Waals surface area contributed by atoms with Gasteiger partial charge >= 0.3 is 5.97 Å². The molecule has 0 fully saturated rings. The third-order valence-corrected chi connectivity index (χ3v) is 4.91. The van der Waals surface area contributed by atoms with Gasteiger partial charge in [0.15, 0.2) is 0 Å². The fourth-order valence-electron chi connectivity index (χ4n) is 3.46. The number of ether oxygens (including phenoxy) is 2. The molecule has 1 atom stereocenters. The topological polar surface area (TPSA) is 78.3 Å². The standard InChI is InChI=1S/C23H23FN4O3/c1-14(2)31-22(29)20-15(3)27-23-25-13-26-28(23)21(20)16-8-10-18(11-9-16)30-12-17-6-4-5-7-19(17)24/h4-11,13-14,21H,12H2,1-3H3,(H,25,26,27). The van der Waals surface area contributed by atoms with Crippen LogP contribution in [0.1, 0.15) is 37.9 Å². The summed E-state index contributed by atoms with van der Waals surface area (Å²) in [5.41, 5.74) is 2.43. The van der Waals surface area contributed by atoms with Crippen LogP contribution < -0.4 is 10.1 Å².